The molecule has 0 atom stereocenters. The molecule has 1 heterocycles. The smallest absolute Gasteiger partial charge is 0.255 e. The van der Waals surface area contributed by atoms with Gasteiger partial charge in [-0.2, -0.15) is 0 Å². The lowest BCUT2D eigenvalue weighted by Gasteiger charge is -2.32. The number of likely N-dealkylation sites (tertiary alicyclic amines) is 1. The van der Waals surface area contributed by atoms with Gasteiger partial charge in [0.2, 0.25) is 5.91 Å². The minimum Gasteiger partial charge on any atom is -0.493 e. The van der Waals surface area contributed by atoms with E-state index in [0.717, 1.165) is 38.8 Å². The number of amides is 2. The van der Waals surface area contributed by atoms with Crippen LogP contribution in [0.5, 0.6) is 5.75 Å². The van der Waals surface area contributed by atoms with Crippen molar-refractivity contribution in [3.63, 3.8) is 0 Å². The molecule has 2 aromatic carbocycles. The van der Waals surface area contributed by atoms with E-state index in [0.29, 0.717) is 23.8 Å². The van der Waals surface area contributed by atoms with Gasteiger partial charge in [0, 0.05) is 13.1 Å². The number of hydrogen-bond acceptors (Lipinski definition) is 3. The van der Waals surface area contributed by atoms with Gasteiger partial charge in [-0.1, -0.05) is 42.0 Å². The van der Waals surface area contributed by atoms with E-state index < -0.39 is 0 Å². The molecule has 0 spiro atoms. The van der Waals surface area contributed by atoms with Crippen molar-refractivity contribution in [2.45, 2.75) is 39.5 Å². The van der Waals surface area contributed by atoms with Crippen LogP contribution in [-0.2, 0) is 11.2 Å². The minimum absolute atomic E-state index is 0.0192. The van der Waals surface area contributed by atoms with Crippen LogP contribution in [0.1, 0.15) is 47.7 Å². The van der Waals surface area contributed by atoms with E-state index in [2.05, 4.69) is 36.5 Å². The van der Waals surface area contributed by atoms with Crippen molar-refractivity contribution in [2.75, 3.05) is 26.2 Å². The molecule has 2 amide bonds. The average molecular weight is 409 g/mol. The number of aryl methyl sites for hydroxylation is 2. The second-order valence-electron chi connectivity index (χ2n) is 7.96. The van der Waals surface area contributed by atoms with Crippen LogP contribution in [0.4, 0.5) is 0 Å². The average Bonchev–Trinajstić information content (AvgIpc) is 2.78. The summed E-state index contributed by atoms with van der Waals surface area (Å²) in [6.07, 6.45) is 4.31. The van der Waals surface area contributed by atoms with Crippen molar-refractivity contribution < 1.29 is 14.3 Å². The molecule has 1 aliphatic heterocycles. The van der Waals surface area contributed by atoms with E-state index in [9.17, 15) is 9.59 Å². The van der Waals surface area contributed by atoms with Crippen LogP contribution in [0.3, 0.4) is 0 Å². The monoisotopic (exact) mass is 408 g/mol. The highest BCUT2D eigenvalue weighted by molar-refractivity contribution is 5.98. The van der Waals surface area contributed by atoms with E-state index in [1.54, 1.807) is 18.2 Å². The lowest BCUT2D eigenvalue weighted by atomic mass is 9.90. The predicted molar refractivity (Wildman–Crippen MR) is 119 cm³/mol. The first kappa shape index (κ1) is 21.9. The van der Waals surface area contributed by atoms with E-state index >= 15 is 0 Å². The zero-order valence-corrected chi connectivity index (χ0v) is 18.0. The van der Waals surface area contributed by atoms with Crippen molar-refractivity contribution in [1.82, 2.24) is 10.2 Å². The van der Waals surface area contributed by atoms with Crippen LogP contribution in [-0.4, -0.2) is 43.0 Å². The maximum Gasteiger partial charge on any atom is 0.255 e. The Bertz CT molecular complexity index is 840. The molecule has 1 fully saturated rings. The van der Waals surface area contributed by atoms with E-state index in [4.69, 9.17) is 4.74 Å². The molecule has 0 saturated carbocycles. The Morgan fingerprint density at radius 1 is 1.07 bits per heavy atom. The van der Waals surface area contributed by atoms with Crippen molar-refractivity contribution in [1.29, 1.82) is 0 Å². The van der Waals surface area contributed by atoms with Gasteiger partial charge in [0.1, 0.15) is 5.75 Å². The summed E-state index contributed by atoms with van der Waals surface area (Å²) in [5, 5.41) is 2.75. The van der Waals surface area contributed by atoms with Crippen LogP contribution in [0.25, 0.3) is 0 Å². The molecule has 0 aromatic heterocycles. The number of carbonyl (C=O) groups excluding carboxylic acids is 2. The highest BCUT2D eigenvalue weighted by atomic mass is 16.5. The second kappa shape index (κ2) is 10.8. The van der Waals surface area contributed by atoms with Gasteiger partial charge in [0.05, 0.1) is 18.7 Å². The number of nitrogens with zero attached hydrogens (tertiary/aromatic N) is 1. The third kappa shape index (κ3) is 6.09. The third-order valence-corrected chi connectivity index (χ3v) is 5.76. The molecular weight excluding hydrogens is 376 g/mol. The summed E-state index contributed by atoms with van der Waals surface area (Å²) in [7, 11) is 0. The summed E-state index contributed by atoms with van der Waals surface area (Å²) in [6, 6.07) is 15.8. The molecule has 0 unspecified atom stereocenters. The summed E-state index contributed by atoms with van der Waals surface area (Å²) < 4.78 is 5.50. The third-order valence-electron chi connectivity index (χ3n) is 5.76. The fourth-order valence-corrected chi connectivity index (χ4v) is 3.90. The van der Waals surface area contributed by atoms with Gasteiger partial charge in [0.25, 0.3) is 5.91 Å². The van der Waals surface area contributed by atoms with E-state index in [-0.39, 0.29) is 18.4 Å². The molecule has 2 aromatic rings. The Kier molecular flexibility index (Phi) is 7.89. The van der Waals surface area contributed by atoms with Gasteiger partial charge in [0.15, 0.2) is 0 Å². The normalized spacial score (nSPS) is 14.4. The summed E-state index contributed by atoms with van der Waals surface area (Å²) in [5.41, 5.74) is 3.13. The summed E-state index contributed by atoms with van der Waals surface area (Å²) in [4.78, 5) is 26.9. The van der Waals surface area contributed by atoms with Crippen LogP contribution < -0.4 is 10.1 Å². The molecule has 1 aliphatic rings. The molecule has 1 saturated heterocycles. The van der Waals surface area contributed by atoms with Gasteiger partial charge in [-0.3, -0.25) is 9.59 Å². The summed E-state index contributed by atoms with van der Waals surface area (Å²) in [6.45, 7) is 6.03. The molecule has 1 N–H and O–H groups in total. The predicted octanol–water partition coefficient (Wildman–Crippen LogP) is 3.99. The lowest BCUT2D eigenvalue weighted by molar-refractivity contribution is -0.131. The minimum atomic E-state index is -0.277. The van der Waals surface area contributed by atoms with Crippen LogP contribution >= 0.6 is 0 Å². The fourth-order valence-electron chi connectivity index (χ4n) is 3.90. The number of benzene rings is 2. The number of para-hydroxylation sites is 1. The number of piperidine rings is 1. The molecule has 0 aliphatic carbocycles. The second-order valence-corrected chi connectivity index (χ2v) is 7.96. The number of rotatable bonds is 8. The van der Waals surface area contributed by atoms with Gasteiger partial charge in [-0.15, -0.1) is 0 Å². The first-order valence-electron chi connectivity index (χ1n) is 10.9. The molecule has 5 nitrogen and oxygen atoms in total. The number of carbonyl (C=O) groups is 2. The highest BCUT2D eigenvalue weighted by Crippen LogP contribution is 2.23. The maximum atomic E-state index is 12.5. The standard InChI is InChI=1S/C25H32N2O3/c1-3-30-23-7-5-4-6-22(23)25(29)26-18-24(28)27-16-14-21(15-17-27)13-12-20-10-8-19(2)9-11-20/h4-11,21H,3,12-18H2,1-2H3,(H,26,29). The number of ether oxygens (including phenoxy) is 1. The quantitative estimate of drug-likeness (QED) is 0.718. The highest BCUT2D eigenvalue weighted by Gasteiger charge is 2.23. The van der Waals surface area contributed by atoms with Crippen molar-refractivity contribution >= 4 is 11.8 Å². The Labute approximate surface area is 179 Å². The molecule has 160 valence electrons. The van der Waals surface area contributed by atoms with Gasteiger partial charge < -0.3 is 15.0 Å². The molecule has 3 rings (SSSR count). The molecule has 0 bridgehead atoms. The van der Waals surface area contributed by atoms with Gasteiger partial charge in [-0.25, -0.2) is 0 Å². The van der Waals surface area contributed by atoms with E-state index in [1.807, 2.05) is 17.9 Å². The SMILES string of the molecule is CCOc1ccccc1C(=O)NCC(=O)N1CCC(CCc2ccc(C)cc2)CC1. The number of hydrogen-bond donors (Lipinski definition) is 1. The van der Waals surface area contributed by atoms with Crippen LogP contribution in [0, 0.1) is 12.8 Å². The van der Waals surface area contributed by atoms with Crippen molar-refractivity contribution in [3.8, 4) is 5.75 Å². The topological polar surface area (TPSA) is 58.6 Å². The lowest BCUT2D eigenvalue weighted by Crippen LogP contribution is -2.44. The Balaban J connectivity index is 1.41. The first-order chi connectivity index (χ1) is 14.6. The Morgan fingerprint density at radius 3 is 2.47 bits per heavy atom. The Hall–Kier alpha value is -2.82. The largest absolute Gasteiger partial charge is 0.493 e. The molecule has 5 heteroatoms. The van der Waals surface area contributed by atoms with Gasteiger partial charge >= 0.3 is 0 Å². The zero-order valence-electron chi connectivity index (χ0n) is 18.0. The van der Waals surface area contributed by atoms with Crippen LogP contribution in [0.2, 0.25) is 0 Å². The summed E-state index contributed by atoms with van der Waals surface area (Å²) in [5.74, 6) is 0.900. The van der Waals surface area contributed by atoms with Gasteiger partial charge in [-0.05, 0) is 63.1 Å². The van der Waals surface area contributed by atoms with Crippen molar-refractivity contribution in [2.24, 2.45) is 5.92 Å². The first-order valence-corrected chi connectivity index (χ1v) is 10.9. The molecule has 30 heavy (non-hydrogen) atoms. The Morgan fingerprint density at radius 2 is 1.77 bits per heavy atom. The van der Waals surface area contributed by atoms with Crippen LogP contribution in [0.15, 0.2) is 48.5 Å². The maximum absolute atomic E-state index is 12.5. The number of nitrogens with one attached hydrogen (secondary N) is 1. The molecule has 0 radical (unpaired) electrons. The van der Waals surface area contributed by atoms with Crippen molar-refractivity contribution in [3.05, 3.63) is 65.2 Å². The zero-order chi connectivity index (χ0) is 21.3. The van der Waals surface area contributed by atoms with E-state index in [1.165, 1.54) is 11.1 Å². The molecular formula is C25H32N2O3. The fraction of sp³-hybridized carbons (Fsp3) is 0.440. The summed E-state index contributed by atoms with van der Waals surface area (Å²) >= 11 is 0.